The SMILES string of the molecule is CCCC(=O)Nc1cc(N2CCn3c(nc4ccccc43)C2)ccc1C. The van der Waals surface area contributed by atoms with Crippen molar-refractivity contribution in [2.45, 2.75) is 39.8 Å². The van der Waals surface area contributed by atoms with E-state index in [1.807, 2.05) is 19.9 Å². The largest absolute Gasteiger partial charge is 0.362 e. The van der Waals surface area contributed by atoms with E-state index in [1.54, 1.807) is 0 Å². The van der Waals surface area contributed by atoms with E-state index in [1.165, 1.54) is 5.52 Å². The number of imidazole rings is 1. The predicted octanol–water partition coefficient (Wildman–Crippen LogP) is 4.10. The molecule has 3 aromatic rings. The maximum atomic E-state index is 12.0. The minimum Gasteiger partial charge on any atom is -0.362 e. The Morgan fingerprint density at radius 2 is 2.04 bits per heavy atom. The van der Waals surface area contributed by atoms with Crippen molar-refractivity contribution in [2.75, 3.05) is 16.8 Å². The number of nitrogens with one attached hydrogen (secondary N) is 1. The third-order valence-corrected chi connectivity index (χ3v) is 5.00. The zero-order valence-electron chi connectivity index (χ0n) is 15.3. The highest BCUT2D eigenvalue weighted by Crippen LogP contribution is 2.28. The van der Waals surface area contributed by atoms with E-state index in [9.17, 15) is 4.79 Å². The monoisotopic (exact) mass is 348 g/mol. The number of carbonyl (C=O) groups is 1. The molecule has 2 aromatic carbocycles. The van der Waals surface area contributed by atoms with Gasteiger partial charge in [-0.15, -0.1) is 0 Å². The minimum atomic E-state index is 0.0770. The van der Waals surface area contributed by atoms with Crippen molar-refractivity contribution in [3.63, 3.8) is 0 Å². The zero-order chi connectivity index (χ0) is 18.1. The van der Waals surface area contributed by atoms with E-state index in [0.717, 1.165) is 54.3 Å². The number of aryl methyl sites for hydroxylation is 1. The van der Waals surface area contributed by atoms with Crippen LogP contribution in [0.4, 0.5) is 11.4 Å². The normalized spacial score (nSPS) is 13.7. The first-order chi connectivity index (χ1) is 12.7. The summed E-state index contributed by atoms with van der Waals surface area (Å²) in [5, 5.41) is 3.04. The summed E-state index contributed by atoms with van der Waals surface area (Å²) in [7, 11) is 0. The number of fused-ring (bicyclic) bond motifs is 3. The molecule has 0 saturated heterocycles. The van der Waals surface area contributed by atoms with Crippen LogP contribution in [0.5, 0.6) is 0 Å². The van der Waals surface area contributed by atoms with Crippen LogP contribution in [0.3, 0.4) is 0 Å². The number of hydrogen-bond acceptors (Lipinski definition) is 3. The number of carbonyl (C=O) groups excluding carboxylic acids is 1. The lowest BCUT2D eigenvalue weighted by Gasteiger charge is -2.30. The average molecular weight is 348 g/mol. The number of anilines is 2. The molecule has 5 nitrogen and oxygen atoms in total. The first kappa shape index (κ1) is 16.6. The quantitative estimate of drug-likeness (QED) is 0.772. The average Bonchev–Trinajstić information content (AvgIpc) is 3.01. The van der Waals surface area contributed by atoms with Gasteiger partial charge >= 0.3 is 0 Å². The number of aromatic nitrogens is 2. The van der Waals surface area contributed by atoms with Gasteiger partial charge in [-0.1, -0.05) is 25.1 Å². The third-order valence-electron chi connectivity index (χ3n) is 5.00. The summed E-state index contributed by atoms with van der Waals surface area (Å²) in [4.78, 5) is 19.1. The lowest BCUT2D eigenvalue weighted by Crippen LogP contribution is -2.33. The molecular weight excluding hydrogens is 324 g/mol. The van der Waals surface area contributed by atoms with Crippen molar-refractivity contribution in [3.05, 3.63) is 53.9 Å². The molecule has 1 aliphatic heterocycles. The Bertz CT molecular complexity index is 960. The van der Waals surface area contributed by atoms with Crippen molar-refractivity contribution in [2.24, 2.45) is 0 Å². The first-order valence-corrected chi connectivity index (χ1v) is 9.25. The fraction of sp³-hybridized carbons (Fsp3) is 0.333. The van der Waals surface area contributed by atoms with E-state index < -0.39 is 0 Å². The highest BCUT2D eigenvalue weighted by Gasteiger charge is 2.20. The number of hydrogen-bond donors (Lipinski definition) is 1. The summed E-state index contributed by atoms with van der Waals surface area (Å²) in [5.74, 6) is 1.17. The van der Waals surface area contributed by atoms with Gasteiger partial charge in [-0.05, 0) is 43.2 Å². The van der Waals surface area contributed by atoms with Crippen LogP contribution in [-0.4, -0.2) is 22.0 Å². The first-order valence-electron chi connectivity index (χ1n) is 9.25. The topological polar surface area (TPSA) is 50.2 Å². The molecule has 26 heavy (non-hydrogen) atoms. The van der Waals surface area contributed by atoms with Gasteiger partial charge in [0.2, 0.25) is 5.91 Å². The Balaban J connectivity index is 1.59. The number of benzene rings is 2. The molecule has 0 aliphatic carbocycles. The Morgan fingerprint density at radius 3 is 2.88 bits per heavy atom. The summed E-state index contributed by atoms with van der Waals surface area (Å²) in [6.07, 6.45) is 1.41. The highest BCUT2D eigenvalue weighted by molar-refractivity contribution is 5.92. The molecule has 4 rings (SSSR count). The minimum absolute atomic E-state index is 0.0770. The van der Waals surface area contributed by atoms with Crippen molar-refractivity contribution in [3.8, 4) is 0 Å². The van der Waals surface area contributed by atoms with Crippen molar-refractivity contribution >= 4 is 28.3 Å². The van der Waals surface area contributed by atoms with Gasteiger partial charge in [-0.25, -0.2) is 4.98 Å². The highest BCUT2D eigenvalue weighted by atomic mass is 16.1. The van der Waals surface area contributed by atoms with Crippen molar-refractivity contribution in [1.82, 2.24) is 9.55 Å². The number of nitrogens with zero attached hydrogens (tertiary/aromatic N) is 3. The lowest BCUT2D eigenvalue weighted by atomic mass is 10.1. The molecule has 0 spiro atoms. The fourth-order valence-corrected chi connectivity index (χ4v) is 3.57. The number of rotatable bonds is 4. The summed E-state index contributed by atoms with van der Waals surface area (Å²) in [5.41, 5.74) is 5.38. The van der Waals surface area contributed by atoms with Crippen molar-refractivity contribution in [1.29, 1.82) is 0 Å². The molecule has 134 valence electrons. The molecule has 1 N–H and O–H groups in total. The molecule has 1 amide bonds. The van der Waals surface area contributed by atoms with Crippen LogP contribution in [0, 0.1) is 6.92 Å². The van der Waals surface area contributed by atoms with Crippen LogP contribution in [0.25, 0.3) is 11.0 Å². The maximum Gasteiger partial charge on any atom is 0.224 e. The molecule has 0 atom stereocenters. The van der Waals surface area contributed by atoms with E-state index >= 15 is 0 Å². The van der Waals surface area contributed by atoms with Gasteiger partial charge in [-0.3, -0.25) is 4.79 Å². The summed E-state index contributed by atoms with van der Waals surface area (Å²) in [6.45, 7) is 6.67. The second kappa shape index (κ2) is 6.83. The Hall–Kier alpha value is -2.82. The molecule has 0 bridgehead atoms. The molecule has 2 heterocycles. The van der Waals surface area contributed by atoms with E-state index in [4.69, 9.17) is 4.98 Å². The second-order valence-electron chi connectivity index (χ2n) is 6.89. The molecule has 5 heteroatoms. The summed E-state index contributed by atoms with van der Waals surface area (Å²) >= 11 is 0. The van der Waals surface area contributed by atoms with E-state index in [-0.39, 0.29) is 5.91 Å². The van der Waals surface area contributed by atoms with E-state index in [2.05, 4.69) is 51.2 Å². The standard InChI is InChI=1S/C21H24N4O/c1-3-6-21(26)23-18-13-16(10-9-15(18)2)24-11-12-25-19-8-5-4-7-17(19)22-20(25)14-24/h4-5,7-10,13H,3,6,11-12,14H2,1-2H3,(H,23,26). The molecule has 0 unspecified atom stereocenters. The Labute approximate surface area is 153 Å². The van der Waals surface area contributed by atoms with Crippen LogP contribution in [0.2, 0.25) is 0 Å². The van der Waals surface area contributed by atoms with Crippen LogP contribution < -0.4 is 10.2 Å². The molecular formula is C21H24N4O. The Kier molecular flexibility index (Phi) is 4.37. The van der Waals surface area contributed by atoms with Gasteiger partial charge in [0.25, 0.3) is 0 Å². The lowest BCUT2D eigenvalue weighted by molar-refractivity contribution is -0.116. The van der Waals surface area contributed by atoms with Gasteiger partial charge in [0.1, 0.15) is 5.82 Å². The second-order valence-corrected chi connectivity index (χ2v) is 6.89. The summed E-state index contributed by atoms with van der Waals surface area (Å²) in [6, 6.07) is 14.6. The number of amides is 1. The zero-order valence-corrected chi connectivity index (χ0v) is 15.3. The molecule has 0 saturated carbocycles. The van der Waals surface area contributed by atoms with Crippen LogP contribution in [-0.2, 0) is 17.9 Å². The maximum absolute atomic E-state index is 12.0. The molecule has 0 radical (unpaired) electrons. The van der Waals surface area contributed by atoms with Crippen molar-refractivity contribution < 1.29 is 4.79 Å². The molecule has 1 aromatic heterocycles. The summed E-state index contributed by atoms with van der Waals surface area (Å²) < 4.78 is 2.31. The van der Waals surface area contributed by atoms with Gasteiger partial charge in [0.15, 0.2) is 0 Å². The molecule has 1 aliphatic rings. The fourth-order valence-electron chi connectivity index (χ4n) is 3.57. The van der Waals surface area contributed by atoms with Gasteiger partial charge in [-0.2, -0.15) is 0 Å². The number of para-hydroxylation sites is 2. The third kappa shape index (κ3) is 3.05. The van der Waals surface area contributed by atoms with E-state index in [0.29, 0.717) is 6.42 Å². The van der Waals surface area contributed by atoms with Crippen LogP contribution >= 0.6 is 0 Å². The van der Waals surface area contributed by atoms with Crippen LogP contribution in [0.1, 0.15) is 31.2 Å². The predicted molar refractivity (Wildman–Crippen MR) is 105 cm³/mol. The van der Waals surface area contributed by atoms with Crippen LogP contribution in [0.15, 0.2) is 42.5 Å². The molecule has 0 fully saturated rings. The van der Waals surface area contributed by atoms with Gasteiger partial charge in [0, 0.05) is 30.9 Å². The smallest absolute Gasteiger partial charge is 0.224 e. The van der Waals surface area contributed by atoms with Gasteiger partial charge < -0.3 is 14.8 Å². The van der Waals surface area contributed by atoms with Gasteiger partial charge in [0.05, 0.1) is 17.6 Å². The Morgan fingerprint density at radius 1 is 1.19 bits per heavy atom.